The monoisotopic (exact) mass is 274 g/mol. The van der Waals surface area contributed by atoms with Gasteiger partial charge in [-0.15, -0.1) is 0 Å². The molecule has 0 aliphatic heterocycles. The van der Waals surface area contributed by atoms with Crippen molar-refractivity contribution < 1.29 is 14.3 Å². The molecule has 0 heterocycles. The molecule has 0 atom stereocenters. The summed E-state index contributed by atoms with van der Waals surface area (Å²) < 4.78 is 13.8. The number of aromatic hydroxyl groups is 1. The number of hydrogen-bond donors (Lipinski definition) is 3. The zero-order chi connectivity index (χ0) is 14.7. The Morgan fingerprint density at radius 3 is 2.75 bits per heavy atom. The molecule has 0 spiro atoms. The molecule has 104 valence electrons. The van der Waals surface area contributed by atoms with E-state index in [1.165, 1.54) is 18.2 Å². The molecule has 0 radical (unpaired) electrons. The Balaban J connectivity index is 2.26. The molecule has 2 rings (SSSR count). The predicted molar refractivity (Wildman–Crippen MR) is 75.1 cm³/mol. The molecule has 0 aliphatic rings. The number of hydrogen-bond acceptors (Lipinski definition) is 3. The number of phenolic OH excluding ortho intramolecular Hbond substituents is 1. The van der Waals surface area contributed by atoms with E-state index in [4.69, 9.17) is 5.73 Å². The first-order valence-electron chi connectivity index (χ1n) is 6.11. The number of rotatable bonds is 3. The highest BCUT2D eigenvalue weighted by atomic mass is 19.1. The molecule has 5 heteroatoms. The first-order chi connectivity index (χ1) is 9.52. The van der Waals surface area contributed by atoms with Gasteiger partial charge in [0.25, 0.3) is 5.91 Å². The van der Waals surface area contributed by atoms with E-state index in [1.54, 1.807) is 25.1 Å². The van der Waals surface area contributed by atoms with Crippen molar-refractivity contribution in [3.05, 3.63) is 58.9 Å². The molecule has 0 saturated heterocycles. The van der Waals surface area contributed by atoms with Crippen molar-refractivity contribution in [2.24, 2.45) is 5.73 Å². The second kappa shape index (κ2) is 5.71. The van der Waals surface area contributed by atoms with Crippen LogP contribution in [0.15, 0.2) is 36.4 Å². The first-order valence-corrected chi connectivity index (χ1v) is 6.11. The first kappa shape index (κ1) is 14.0. The molecular weight excluding hydrogens is 259 g/mol. The van der Waals surface area contributed by atoms with E-state index in [1.807, 2.05) is 0 Å². The van der Waals surface area contributed by atoms with Crippen LogP contribution in [0.4, 0.5) is 10.1 Å². The van der Waals surface area contributed by atoms with Crippen molar-refractivity contribution in [2.45, 2.75) is 13.5 Å². The Morgan fingerprint density at radius 2 is 2.10 bits per heavy atom. The molecule has 4 nitrogen and oxygen atoms in total. The Labute approximate surface area is 116 Å². The fourth-order valence-electron chi connectivity index (χ4n) is 1.85. The number of anilines is 1. The van der Waals surface area contributed by atoms with Gasteiger partial charge in [0.2, 0.25) is 0 Å². The molecular formula is C15H15FN2O2. The van der Waals surface area contributed by atoms with Gasteiger partial charge in [-0.2, -0.15) is 0 Å². The maximum absolute atomic E-state index is 13.8. The number of carbonyl (C=O) groups excluding carboxylic acids is 1. The van der Waals surface area contributed by atoms with Crippen LogP contribution in [-0.2, 0) is 6.54 Å². The zero-order valence-corrected chi connectivity index (χ0v) is 11.0. The highest BCUT2D eigenvalue weighted by Gasteiger charge is 2.13. The summed E-state index contributed by atoms with van der Waals surface area (Å²) in [5.74, 6) is -0.992. The van der Waals surface area contributed by atoms with Crippen LogP contribution in [0.25, 0.3) is 0 Å². The van der Waals surface area contributed by atoms with Crippen molar-refractivity contribution in [3.63, 3.8) is 0 Å². The van der Waals surface area contributed by atoms with Crippen molar-refractivity contribution in [2.75, 3.05) is 5.32 Å². The van der Waals surface area contributed by atoms with E-state index >= 15 is 0 Å². The predicted octanol–water partition coefficient (Wildman–Crippen LogP) is 2.55. The lowest BCUT2D eigenvalue weighted by Gasteiger charge is -2.10. The number of carbonyl (C=O) groups is 1. The van der Waals surface area contributed by atoms with Crippen LogP contribution in [0.3, 0.4) is 0 Å². The summed E-state index contributed by atoms with van der Waals surface area (Å²) in [6.07, 6.45) is 0. The maximum Gasteiger partial charge on any atom is 0.256 e. The molecule has 0 unspecified atom stereocenters. The van der Waals surface area contributed by atoms with Crippen LogP contribution >= 0.6 is 0 Å². The van der Waals surface area contributed by atoms with E-state index < -0.39 is 11.7 Å². The summed E-state index contributed by atoms with van der Waals surface area (Å²) in [5.41, 5.74) is 6.89. The SMILES string of the molecule is Cc1c(O)cccc1C(=O)Nc1ccc(CN)cc1F. The largest absolute Gasteiger partial charge is 0.508 e. The zero-order valence-electron chi connectivity index (χ0n) is 11.0. The summed E-state index contributed by atoms with van der Waals surface area (Å²) in [6.45, 7) is 1.86. The fourth-order valence-corrected chi connectivity index (χ4v) is 1.85. The lowest BCUT2D eigenvalue weighted by molar-refractivity contribution is 0.102. The smallest absolute Gasteiger partial charge is 0.256 e. The minimum absolute atomic E-state index is 0.0246. The second-order valence-corrected chi connectivity index (χ2v) is 4.42. The molecule has 2 aromatic carbocycles. The quantitative estimate of drug-likeness (QED) is 0.805. The minimum Gasteiger partial charge on any atom is -0.508 e. The Bertz CT molecular complexity index is 656. The molecule has 0 aliphatic carbocycles. The van der Waals surface area contributed by atoms with Gasteiger partial charge >= 0.3 is 0 Å². The fraction of sp³-hybridized carbons (Fsp3) is 0.133. The molecule has 4 N–H and O–H groups in total. The minimum atomic E-state index is -0.542. The molecule has 0 saturated carbocycles. The van der Waals surface area contributed by atoms with Crippen LogP contribution in [-0.4, -0.2) is 11.0 Å². The average Bonchev–Trinajstić information content (AvgIpc) is 2.44. The van der Waals surface area contributed by atoms with Crippen molar-refractivity contribution >= 4 is 11.6 Å². The van der Waals surface area contributed by atoms with Crippen LogP contribution < -0.4 is 11.1 Å². The molecule has 1 amide bonds. The second-order valence-electron chi connectivity index (χ2n) is 4.42. The standard InChI is InChI=1S/C15H15FN2O2/c1-9-11(3-2-4-14(9)19)15(20)18-13-6-5-10(8-17)7-12(13)16/h2-7,19H,8,17H2,1H3,(H,18,20). The summed E-state index contributed by atoms with van der Waals surface area (Å²) in [5, 5.41) is 12.0. The third kappa shape index (κ3) is 2.78. The molecule has 20 heavy (non-hydrogen) atoms. The van der Waals surface area contributed by atoms with Gasteiger partial charge in [-0.3, -0.25) is 4.79 Å². The number of benzene rings is 2. The number of amides is 1. The maximum atomic E-state index is 13.8. The lowest BCUT2D eigenvalue weighted by atomic mass is 10.1. The van der Waals surface area contributed by atoms with Gasteiger partial charge in [-0.05, 0) is 36.8 Å². The van der Waals surface area contributed by atoms with E-state index in [-0.39, 0.29) is 18.0 Å². The molecule has 0 fully saturated rings. The van der Waals surface area contributed by atoms with E-state index in [0.29, 0.717) is 16.7 Å². The molecule has 0 aromatic heterocycles. The third-order valence-electron chi connectivity index (χ3n) is 3.07. The Hall–Kier alpha value is -2.40. The van der Waals surface area contributed by atoms with Crippen LogP contribution in [0.1, 0.15) is 21.5 Å². The molecule has 0 bridgehead atoms. The highest BCUT2D eigenvalue weighted by molar-refractivity contribution is 6.05. The van der Waals surface area contributed by atoms with Crippen molar-refractivity contribution in [3.8, 4) is 5.75 Å². The Kier molecular flexibility index (Phi) is 4.00. The lowest BCUT2D eigenvalue weighted by Crippen LogP contribution is -2.14. The summed E-state index contributed by atoms with van der Waals surface area (Å²) in [6, 6.07) is 9.01. The van der Waals surface area contributed by atoms with Gasteiger partial charge in [0.1, 0.15) is 11.6 Å². The van der Waals surface area contributed by atoms with Crippen LogP contribution in [0.2, 0.25) is 0 Å². The average molecular weight is 274 g/mol. The van der Waals surface area contributed by atoms with Gasteiger partial charge in [0.05, 0.1) is 5.69 Å². The van der Waals surface area contributed by atoms with Crippen LogP contribution in [0, 0.1) is 12.7 Å². The summed E-state index contributed by atoms with van der Waals surface area (Å²) >= 11 is 0. The number of halogens is 1. The summed E-state index contributed by atoms with van der Waals surface area (Å²) in [7, 11) is 0. The van der Waals surface area contributed by atoms with Gasteiger partial charge < -0.3 is 16.2 Å². The van der Waals surface area contributed by atoms with E-state index in [9.17, 15) is 14.3 Å². The highest BCUT2D eigenvalue weighted by Crippen LogP contribution is 2.22. The van der Waals surface area contributed by atoms with Gasteiger partial charge in [-0.25, -0.2) is 4.39 Å². The number of nitrogens with two attached hydrogens (primary N) is 1. The summed E-state index contributed by atoms with van der Waals surface area (Å²) in [4.78, 5) is 12.1. The number of nitrogens with one attached hydrogen (secondary N) is 1. The van der Waals surface area contributed by atoms with Gasteiger partial charge in [0, 0.05) is 17.7 Å². The Morgan fingerprint density at radius 1 is 1.35 bits per heavy atom. The normalized spacial score (nSPS) is 10.3. The van der Waals surface area contributed by atoms with Crippen LogP contribution in [0.5, 0.6) is 5.75 Å². The molecule has 2 aromatic rings. The van der Waals surface area contributed by atoms with Gasteiger partial charge in [-0.1, -0.05) is 12.1 Å². The van der Waals surface area contributed by atoms with E-state index in [0.717, 1.165) is 0 Å². The van der Waals surface area contributed by atoms with Crippen molar-refractivity contribution in [1.29, 1.82) is 0 Å². The number of phenols is 1. The van der Waals surface area contributed by atoms with E-state index in [2.05, 4.69) is 5.32 Å². The van der Waals surface area contributed by atoms with Crippen molar-refractivity contribution in [1.82, 2.24) is 0 Å². The van der Waals surface area contributed by atoms with Gasteiger partial charge in [0.15, 0.2) is 0 Å². The topological polar surface area (TPSA) is 75.3 Å². The third-order valence-corrected chi connectivity index (χ3v) is 3.07.